The van der Waals surface area contributed by atoms with E-state index in [0.717, 1.165) is 5.56 Å². The molecule has 0 bridgehead atoms. The van der Waals surface area contributed by atoms with Gasteiger partial charge in [0, 0.05) is 10.8 Å². The molecule has 0 aromatic heterocycles. The maximum atomic E-state index is 12.7. The van der Waals surface area contributed by atoms with E-state index in [-0.39, 0.29) is 16.0 Å². The molecule has 0 saturated carbocycles. The van der Waals surface area contributed by atoms with E-state index in [1.54, 1.807) is 48.5 Å². The van der Waals surface area contributed by atoms with Crippen LogP contribution in [0.5, 0.6) is 0 Å². The summed E-state index contributed by atoms with van der Waals surface area (Å²) in [6, 6.07) is 15.6. The van der Waals surface area contributed by atoms with Crippen LogP contribution in [-0.2, 0) is 14.8 Å². The molecule has 0 atom stereocenters. The van der Waals surface area contributed by atoms with Gasteiger partial charge in [-0.3, -0.25) is 0 Å². The van der Waals surface area contributed by atoms with Gasteiger partial charge in [0.1, 0.15) is 0 Å². The van der Waals surface area contributed by atoms with E-state index in [4.69, 9.17) is 4.74 Å². The second-order valence-corrected chi connectivity index (χ2v) is 8.95. The van der Waals surface area contributed by atoms with Crippen LogP contribution in [0, 0.1) is 6.92 Å². The van der Waals surface area contributed by atoms with Gasteiger partial charge >= 0.3 is 0 Å². The maximum Gasteiger partial charge on any atom is 0.284 e. The number of aliphatic imine (C=N–C) groups is 1. The van der Waals surface area contributed by atoms with Crippen molar-refractivity contribution < 1.29 is 13.2 Å². The SMILES string of the molecule is COC(=N/C(=N/S(=O)(=O)c1ccc(C)cc1)c1ccccc1)SC(C)C. The van der Waals surface area contributed by atoms with Crippen molar-refractivity contribution in [2.24, 2.45) is 9.39 Å². The van der Waals surface area contributed by atoms with Crippen molar-refractivity contribution in [3.8, 4) is 0 Å². The Morgan fingerprint density at radius 2 is 1.65 bits per heavy atom. The lowest BCUT2D eigenvalue weighted by molar-refractivity contribution is 0.416. The lowest BCUT2D eigenvalue weighted by Gasteiger charge is -2.09. The van der Waals surface area contributed by atoms with Crippen LogP contribution < -0.4 is 0 Å². The Bertz CT molecular complexity index is 888. The molecule has 0 spiro atoms. The predicted octanol–water partition coefficient (Wildman–Crippen LogP) is 4.27. The van der Waals surface area contributed by atoms with E-state index in [1.165, 1.54) is 18.9 Å². The molecule has 0 saturated heterocycles. The van der Waals surface area contributed by atoms with Gasteiger partial charge in [0.2, 0.25) is 0 Å². The van der Waals surface area contributed by atoms with Gasteiger partial charge < -0.3 is 4.74 Å². The Labute approximate surface area is 159 Å². The first kappa shape index (κ1) is 20.2. The second kappa shape index (κ2) is 9.00. The molecule has 0 aliphatic carbocycles. The van der Waals surface area contributed by atoms with Gasteiger partial charge in [-0.2, -0.15) is 13.4 Å². The number of amidine groups is 1. The number of hydrogen-bond acceptors (Lipinski definition) is 4. The van der Waals surface area contributed by atoms with Crippen molar-refractivity contribution >= 4 is 32.9 Å². The van der Waals surface area contributed by atoms with Crippen LogP contribution in [0.2, 0.25) is 0 Å². The summed E-state index contributed by atoms with van der Waals surface area (Å²) in [4.78, 5) is 4.49. The number of methoxy groups -OCH3 is 1. The topological polar surface area (TPSA) is 68.1 Å². The maximum absolute atomic E-state index is 12.7. The minimum absolute atomic E-state index is 0.0937. The van der Waals surface area contributed by atoms with Gasteiger partial charge in [-0.1, -0.05) is 73.6 Å². The van der Waals surface area contributed by atoms with E-state index >= 15 is 0 Å². The second-order valence-electron chi connectivity index (χ2n) is 5.82. The Balaban J connectivity index is 2.54. The highest BCUT2D eigenvalue weighted by Gasteiger charge is 2.16. The third kappa shape index (κ3) is 5.71. The summed E-state index contributed by atoms with van der Waals surface area (Å²) in [5, 5.41) is 0.598. The van der Waals surface area contributed by atoms with Crippen molar-refractivity contribution in [1.82, 2.24) is 0 Å². The molecule has 2 aromatic carbocycles. The number of rotatable bonds is 4. The van der Waals surface area contributed by atoms with Crippen molar-refractivity contribution in [2.75, 3.05) is 7.11 Å². The lowest BCUT2D eigenvalue weighted by atomic mass is 10.2. The van der Waals surface area contributed by atoms with Crippen LogP contribution in [0.4, 0.5) is 0 Å². The molecule has 5 nitrogen and oxygen atoms in total. The fourth-order valence-electron chi connectivity index (χ4n) is 2.01. The summed E-state index contributed by atoms with van der Waals surface area (Å²) >= 11 is 1.40. The Morgan fingerprint density at radius 3 is 2.19 bits per heavy atom. The van der Waals surface area contributed by atoms with Crippen LogP contribution >= 0.6 is 11.8 Å². The summed E-state index contributed by atoms with van der Waals surface area (Å²) < 4.78 is 34.7. The van der Waals surface area contributed by atoms with E-state index in [1.807, 2.05) is 26.8 Å². The summed E-state index contributed by atoms with van der Waals surface area (Å²) in [6.07, 6.45) is 0. The fourth-order valence-corrected chi connectivity index (χ4v) is 3.61. The van der Waals surface area contributed by atoms with Gasteiger partial charge in [-0.25, -0.2) is 0 Å². The number of ether oxygens (including phenoxy) is 1. The highest BCUT2D eigenvalue weighted by molar-refractivity contribution is 8.14. The van der Waals surface area contributed by atoms with Crippen molar-refractivity contribution in [2.45, 2.75) is 30.9 Å². The normalized spacial score (nSPS) is 13.1. The standard InChI is InChI=1S/C19H22N2O3S2/c1-14(2)25-19(24-4)20-18(16-8-6-5-7-9-16)21-26(22,23)17-12-10-15(3)11-13-17/h5-14H,1-4H3/b20-19?,21-18+. The van der Waals surface area contributed by atoms with Gasteiger partial charge in [-0.15, -0.1) is 4.40 Å². The molecule has 7 heteroatoms. The highest BCUT2D eigenvalue weighted by atomic mass is 32.2. The Morgan fingerprint density at radius 1 is 1.04 bits per heavy atom. The zero-order valence-electron chi connectivity index (χ0n) is 15.2. The van der Waals surface area contributed by atoms with Crippen LogP contribution in [0.1, 0.15) is 25.0 Å². The van der Waals surface area contributed by atoms with Crippen LogP contribution in [0.25, 0.3) is 0 Å². The molecule has 138 valence electrons. The highest BCUT2D eigenvalue weighted by Crippen LogP contribution is 2.18. The lowest BCUT2D eigenvalue weighted by Crippen LogP contribution is -2.09. The number of aryl methyl sites for hydroxylation is 1. The van der Waals surface area contributed by atoms with Gasteiger partial charge in [0.15, 0.2) is 5.84 Å². The monoisotopic (exact) mass is 390 g/mol. The first-order valence-corrected chi connectivity index (χ1v) is 10.4. The molecular weight excluding hydrogens is 368 g/mol. The minimum atomic E-state index is -3.89. The summed E-state index contributed by atoms with van der Waals surface area (Å²) in [5.74, 6) is 0.0937. The zero-order chi connectivity index (χ0) is 19.2. The molecule has 2 aromatic rings. The number of benzene rings is 2. The van der Waals surface area contributed by atoms with E-state index < -0.39 is 10.0 Å². The van der Waals surface area contributed by atoms with Crippen molar-refractivity contribution in [3.63, 3.8) is 0 Å². The van der Waals surface area contributed by atoms with E-state index in [2.05, 4.69) is 9.39 Å². The Kier molecular flexibility index (Phi) is 6.99. The molecule has 26 heavy (non-hydrogen) atoms. The molecule has 0 N–H and O–H groups in total. The molecule has 0 radical (unpaired) electrons. The number of hydrogen-bond donors (Lipinski definition) is 0. The largest absolute Gasteiger partial charge is 0.476 e. The first-order valence-electron chi connectivity index (χ1n) is 8.08. The van der Waals surface area contributed by atoms with Gasteiger partial charge in [-0.05, 0) is 19.1 Å². The van der Waals surface area contributed by atoms with Gasteiger partial charge in [0.25, 0.3) is 15.3 Å². The van der Waals surface area contributed by atoms with Crippen molar-refractivity contribution in [1.29, 1.82) is 0 Å². The summed E-state index contributed by atoms with van der Waals surface area (Å²) in [6.45, 7) is 5.90. The molecule has 0 fully saturated rings. The average Bonchev–Trinajstić information content (AvgIpc) is 2.61. The molecule has 0 unspecified atom stereocenters. The quantitative estimate of drug-likeness (QED) is 0.577. The van der Waals surface area contributed by atoms with Crippen LogP contribution in [0.3, 0.4) is 0 Å². The van der Waals surface area contributed by atoms with Crippen LogP contribution in [0.15, 0.2) is 68.9 Å². The van der Waals surface area contributed by atoms with E-state index in [0.29, 0.717) is 10.8 Å². The third-order valence-electron chi connectivity index (χ3n) is 3.27. The number of thioether (sulfide) groups is 1. The molecule has 0 amide bonds. The van der Waals surface area contributed by atoms with Crippen molar-refractivity contribution in [3.05, 3.63) is 65.7 Å². The predicted molar refractivity (Wildman–Crippen MR) is 109 cm³/mol. The van der Waals surface area contributed by atoms with Crippen LogP contribution in [-0.4, -0.2) is 31.8 Å². The number of nitrogens with zero attached hydrogens (tertiary/aromatic N) is 2. The third-order valence-corrected chi connectivity index (χ3v) is 5.48. The zero-order valence-corrected chi connectivity index (χ0v) is 16.8. The number of sulfonamides is 1. The minimum Gasteiger partial charge on any atom is -0.476 e. The summed E-state index contributed by atoms with van der Waals surface area (Å²) in [7, 11) is -2.39. The molecule has 0 aliphatic rings. The molecule has 0 heterocycles. The first-order chi connectivity index (χ1) is 12.3. The fraction of sp³-hybridized carbons (Fsp3) is 0.263. The molecule has 0 aliphatic heterocycles. The van der Waals surface area contributed by atoms with Gasteiger partial charge in [0.05, 0.1) is 12.0 Å². The van der Waals surface area contributed by atoms with E-state index in [9.17, 15) is 8.42 Å². The average molecular weight is 391 g/mol. The molecule has 2 rings (SSSR count). The molecular formula is C19H22N2O3S2. The smallest absolute Gasteiger partial charge is 0.284 e. The Hall–Kier alpha value is -2.12. The summed E-state index contributed by atoms with van der Waals surface area (Å²) in [5.41, 5.74) is 1.58.